The van der Waals surface area contributed by atoms with Gasteiger partial charge in [0.15, 0.2) is 0 Å². The van der Waals surface area contributed by atoms with Crippen LogP contribution in [0.5, 0.6) is 0 Å². The molecule has 3 unspecified atom stereocenters. The molecule has 7 heteroatoms. The summed E-state index contributed by atoms with van der Waals surface area (Å²) < 4.78 is 12.0. The Morgan fingerprint density at radius 1 is 1.24 bits per heavy atom. The highest BCUT2D eigenvalue weighted by molar-refractivity contribution is 7.39. The Balaban J connectivity index is 3.36. The molecule has 3 atom stereocenters. The van der Waals surface area contributed by atoms with Crippen molar-refractivity contribution in [2.24, 2.45) is 5.92 Å². The van der Waals surface area contributed by atoms with Crippen molar-refractivity contribution in [3.05, 3.63) is 35.9 Å². The fraction of sp³-hybridized carbons (Fsp3) is 0.429. The predicted molar refractivity (Wildman–Crippen MR) is 76.2 cm³/mol. The van der Waals surface area contributed by atoms with Gasteiger partial charge in [-0.1, -0.05) is 37.3 Å². The molecule has 0 saturated heterocycles. The van der Waals surface area contributed by atoms with Crippen molar-refractivity contribution < 1.29 is 29.3 Å². The van der Waals surface area contributed by atoms with Gasteiger partial charge in [-0.3, -0.25) is 9.59 Å². The lowest BCUT2D eigenvalue weighted by Crippen LogP contribution is -2.37. The molecule has 0 aliphatic rings. The largest absolute Gasteiger partial charge is 0.517 e. The number of aliphatic carboxylic acids is 2. The zero-order valence-corrected chi connectivity index (χ0v) is 12.5. The second-order valence-corrected chi connectivity index (χ2v) is 6.08. The summed E-state index contributed by atoms with van der Waals surface area (Å²) in [6, 6.07) is 8.25. The second kappa shape index (κ2) is 7.29. The van der Waals surface area contributed by atoms with Gasteiger partial charge in [-0.05, 0) is 11.0 Å². The summed E-state index contributed by atoms with van der Waals surface area (Å²) in [5.41, 5.74) is 0.439. The summed E-state index contributed by atoms with van der Waals surface area (Å²) in [7, 11) is -2.85. The molecule has 0 saturated carbocycles. The molecular formula is C14H18O6P+. The van der Waals surface area contributed by atoms with E-state index in [1.807, 2.05) is 0 Å². The van der Waals surface area contributed by atoms with Gasteiger partial charge in [0.25, 0.3) is 0 Å². The summed E-state index contributed by atoms with van der Waals surface area (Å²) in [6.45, 7) is 1.63. The lowest BCUT2D eigenvalue weighted by Gasteiger charge is -2.27. The molecule has 0 bridgehead atoms. The van der Waals surface area contributed by atoms with Crippen molar-refractivity contribution in [1.82, 2.24) is 0 Å². The molecule has 0 aliphatic heterocycles. The highest BCUT2D eigenvalue weighted by Gasteiger charge is 2.58. The van der Waals surface area contributed by atoms with E-state index in [1.165, 1.54) is 0 Å². The molecule has 0 spiro atoms. The Kier molecular flexibility index (Phi) is 6.00. The first-order chi connectivity index (χ1) is 9.86. The maximum absolute atomic E-state index is 12.0. The SMILES string of the molecule is CCC(c1ccccc1)(C(CCC(=O)O)C(=O)O)[P+](=O)O. The molecule has 1 rings (SSSR count). The summed E-state index contributed by atoms with van der Waals surface area (Å²) in [5.74, 6) is -3.64. The van der Waals surface area contributed by atoms with Crippen molar-refractivity contribution in [3.8, 4) is 0 Å². The van der Waals surface area contributed by atoms with Gasteiger partial charge in [-0.15, -0.1) is 0 Å². The van der Waals surface area contributed by atoms with Crippen LogP contribution in [0.2, 0.25) is 0 Å². The quantitative estimate of drug-likeness (QED) is 0.636. The first kappa shape index (κ1) is 17.3. The van der Waals surface area contributed by atoms with Crippen molar-refractivity contribution >= 4 is 20.0 Å². The van der Waals surface area contributed by atoms with Crippen LogP contribution < -0.4 is 0 Å². The second-order valence-electron chi connectivity index (χ2n) is 4.74. The van der Waals surface area contributed by atoms with Gasteiger partial charge in [0.2, 0.25) is 5.16 Å². The molecular weight excluding hydrogens is 295 g/mol. The molecule has 6 nitrogen and oxygen atoms in total. The van der Waals surface area contributed by atoms with Crippen LogP contribution in [0.3, 0.4) is 0 Å². The molecule has 1 aromatic carbocycles. The third-order valence-corrected chi connectivity index (χ3v) is 5.24. The van der Waals surface area contributed by atoms with Crippen molar-refractivity contribution in [1.29, 1.82) is 0 Å². The third kappa shape index (κ3) is 3.65. The highest BCUT2D eigenvalue weighted by atomic mass is 31.1. The van der Waals surface area contributed by atoms with Crippen LogP contribution in [-0.4, -0.2) is 27.0 Å². The molecule has 114 valence electrons. The van der Waals surface area contributed by atoms with Crippen LogP contribution in [0.1, 0.15) is 31.7 Å². The van der Waals surface area contributed by atoms with Gasteiger partial charge in [0.1, 0.15) is 5.92 Å². The fourth-order valence-electron chi connectivity index (χ4n) is 2.59. The average molecular weight is 313 g/mol. The Morgan fingerprint density at radius 2 is 1.81 bits per heavy atom. The van der Waals surface area contributed by atoms with E-state index in [-0.39, 0.29) is 19.3 Å². The van der Waals surface area contributed by atoms with Crippen molar-refractivity contribution in [2.45, 2.75) is 31.3 Å². The van der Waals surface area contributed by atoms with Crippen LogP contribution in [0.25, 0.3) is 0 Å². The van der Waals surface area contributed by atoms with E-state index >= 15 is 0 Å². The molecule has 0 fully saturated rings. The van der Waals surface area contributed by atoms with Gasteiger partial charge in [-0.25, -0.2) is 0 Å². The Labute approximate surface area is 123 Å². The van der Waals surface area contributed by atoms with Gasteiger partial charge >= 0.3 is 20.0 Å². The smallest absolute Gasteiger partial charge is 0.481 e. The molecule has 0 radical (unpaired) electrons. The lowest BCUT2D eigenvalue weighted by molar-refractivity contribution is -0.144. The van der Waals surface area contributed by atoms with E-state index in [0.717, 1.165) is 0 Å². The Hall–Kier alpha value is -1.78. The highest BCUT2D eigenvalue weighted by Crippen LogP contribution is 2.54. The molecule has 0 amide bonds. The fourth-order valence-corrected chi connectivity index (χ4v) is 3.74. The van der Waals surface area contributed by atoms with Crippen LogP contribution in [0.4, 0.5) is 0 Å². The summed E-state index contributed by atoms with van der Waals surface area (Å²) in [5, 5.41) is 16.7. The average Bonchev–Trinajstić information content (AvgIpc) is 2.43. The Bertz CT molecular complexity index is 530. The number of carboxylic acids is 2. The Morgan fingerprint density at radius 3 is 2.19 bits per heavy atom. The van der Waals surface area contributed by atoms with E-state index in [9.17, 15) is 24.2 Å². The third-order valence-electron chi connectivity index (χ3n) is 3.68. The van der Waals surface area contributed by atoms with Gasteiger partial charge in [-0.2, -0.15) is 4.89 Å². The summed E-state index contributed by atoms with van der Waals surface area (Å²) in [4.78, 5) is 32.1. The van der Waals surface area contributed by atoms with Crippen molar-refractivity contribution in [2.75, 3.05) is 0 Å². The number of hydrogen-bond acceptors (Lipinski definition) is 3. The number of rotatable bonds is 8. The van der Waals surface area contributed by atoms with Gasteiger partial charge in [0, 0.05) is 18.4 Å². The zero-order chi connectivity index (χ0) is 16.0. The molecule has 0 heterocycles. The minimum atomic E-state index is -2.85. The summed E-state index contributed by atoms with van der Waals surface area (Å²) >= 11 is 0. The molecule has 0 aliphatic carbocycles. The van der Waals surface area contributed by atoms with E-state index in [2.05, 4.69) is 0 Å². The van der Waals surface area contributed by atoms with Gasteiger partial charge < -0.3 is 10.2 Å². The number of carbonyl (C=O) groups is 2. The zero-order valence-electron chi connectivity index (χ0n) is 11.6. The van der Waals surface area contributed by atoms with E-state index in [1.54, 1.807) is 37.3 Å². The van der Waals surface area contributed by atoms with Crippen LogP contribution >= 0.6 is 8.03 Å². The minimum absolute atomic E-state index is 0.124. The van der Waals surface area contributed by atoms with Crippen LogP contribution in [0.15, 0.2) is 30.3 Å². The maximum Gasteiger partial charge on any atom is 0.517 e. The van der Waals surface area contributed by atoms with Crippen molar-refractivity contribution in [3.63, 3.8) is 0 Å². The van der Waals surface area contributed by atoms with Gasteiger partial charge in [0.05, 0.1) is 0 Å². The first-order valence-electron chi connectivity index (χ1n) is 6.52. The monoisotopic (exact) mass is 313 g/mol. The first-order valence-corrected chi connectivity index (χ1v) is 7.73. The topological polar surface area (TPSA) is 112 Å². The standard InChI is InChI=1S/C14H17O6P/c1-2-14(21(19)20,10-6-4-3-5-7-10)11(13(17)18)8-9-12(15)16/h3-7,11H,2,8-9H2,1H3,(H2-,15,16,17,18,19,20)/p+1. The molecule has 3 N–H and O–H groups in total. The molecule has 21 heavy (non-hydrogen) atoms. The van der Waals surface area contributed by atoms with Crippen LogP contribution in [0, 0.1) is 5.92 Å². The number of carboxylic acid groups (broad SMARTS) is 2. The van der Waals surface area contributed by atoms with Crippen LogP contribution in [-0.2, 0) is 19.3 Å². The molecule has 1 aromatic rings. The van der Waals surface area contributed by atoms with E-state index < -0.39 is 31.0 Å². The van der Waals surface area contributed by atoms with E-state index in [4.69, 9.17) is 5.11 Å². The lowest BCUT2D eigenvalue weighted by atomic mass is 9.80. The maximum atomic E-state index is 12.0. The van der Waals surface area contributed by atoms with E-state index in [0.29, 0.717) is 5.56 Å². The molecule has 0 aromatic heterocycles. The number of benzene rings is 1. The summed E-state index contributed by atoms with van der Waals surface area (Å²) in [6.07, 6.45) is -0.441. The normalized spacial score (nSPS) is 15.8. The predicted octanol–water partition coefficient (Wildman–Crippen LogP) is 2.59. The minimum Gasteiger partial charge on any atom is -0.481 e. The number of hydrogen-bond donors (Lipinski definition) is 3.